The first-order chi connectivity index (χ1) is 15.7. The van der Waals surface area contributed by atoms with Crippen LogP contribution in [0.4, 0.5) is 0 Å². The molecular formula is C28H30N3O+. The summed E-state index contributed by atoms with van der Waals surface area (Å²) < 4.78 is 6.79. The molecule has 0 saturated carbocycles. The van der Waals surface area contributed by atoms with Gasteiger partial charge in [0.05, 0.1) is 37.7 Å². The van der Waals surface area contributed by atoms with E-state index < -0.39 is 0 Å². The number of likely N-dealkylation sites (tertiary alicyclic amines) is 1. The van der Waals surface area contributed by atoms with Crippen molar-refractivity contribution in [1.29, 1.82) is 0 Å². The molecule has 0 unspecified atom stereocenters. The fraction of sp³-hybridized carbons (Fsp3) is 0.286. The quantitative estimate of drug-likeness (QED) is 0.669. The lowest BCUT2D eigenvalue weighted by Gasteiger charge is -2.50. The number of aryl methyl sites for hydroxylation is 1. The molecule has 4 heteroatoms. The molecule has 1 fully saturated rings. The van der Waals surface area contributed by atoms with Crippen molar-refractivity contribution < 1.29 is 9.64 Å². The zero-order chi connectivity index (χ0) is 21.5. The van der Waals surface area contributed by atoms with Crippen LogP contribution >= 0.6 is 0 Å². The van der Waals surface area contributed by atoms with Crippen LogP contribution in [-0.2, 0) is 6.54 Å². The van der Waals surface area contributed by atoms with Crippen molar-refractivity contribution in [3.05, 3.63) is 107 Å². The fourth-order valence-corrected chi connectivity index (χ4v) is 5.42. The number of nitrogens with zero attached hydrogens (tertiary/aromatic N) is 1. The summed E-state index contributed by atoms with van der Waals surface area (Å²) in [5, 5.41) is 2.39. The maximum absolute atomic E-state index is 6.79. The molecule has 3 aliphatic rings. The van der Waals surface area contributed by atoms with Crippen molar-refractivity contribution in [3.8, 4) is 5.75 Å². The van der Waals surface area contributed by atoms with Crippen molar-refractivity contribution in [2.75, 3.05) is 13.1 Å². The molecule has 3 aromatic carbocycles. The summed E-state index contributed by atoms with van der Waals surface area (Å²) in [4.78, 5) is 1.63. The molecule has 3 heterocycles. The topological polar surface area (TPSA) is 28.9 Å². The number of para-hydroxylation sites is 1. The van der Waals surface area contributed by atoms with Crippen LogP contribution in [0.3, 0.4) is 0 Å². The van der Waals surface area contributed by atoms with Gasteiger partial charge in [-0.05, 0) is 24.6 Å². The van der Waals surface area contributed by atoms with E-state index in [-0.39, 0.29) is 11.8 Å². The number of hydrazine groups is 1. The molecule has 0 radical (unpaired) electrons. The van der Waals surface area contributed by atoms with Crippen molar-refractivity contribution in [3.63, 3.8) is 0 Å². The van der Waals surface area contributed by atoms with Gasteiger partial charge in [-0.3, -0.25) is 0 Å². The maximum atomic E-state index is 6.79. The molecule has 4 nitrogen and oxygen atoms in total. The van der Waals surface area contributed by atoms with Crippen LogP contribution in [0.15, 0.2) is 84.9 Å². The first kappa shape index (κ1) is 19.6. The molecule has 162 valence electrons. The van der Waals surface area contributed by atoms with E-state index in [1.165, 1.54) is 28.0 Å². The minimum absolute atomic E-state index is 0.187. The minimum atomic E-state index is -0.317. The monoisotopic (exact) mass is 424 g/mol. The third kappa shape index (κ3) is 3.40. The smallest absolute Gasteiger partial charge is 0.191 e. The molecule has 3 aromatic rings. The molecule has 3 aliphatic heterocycles. The summed E-state index contributed by atoms with van der Waals surface area (Å²) in [6, 6.07) is 28.3. The lowest BCUT2D eigenvalue weighted by molar-refractivity contribution is -0.921. The third-order valence-electron chi connectivity index (χ3n) is 7.22. The Morgan fingerprint density at radius 3 is 2.44 bits per heavy atom. The molecule has 0 amide bonds. The molecule has 1 saturated heterocycles. The van der Waals surface area contributed by atoms with Crippen LogP contribution in [0, 0.1) is 6.92 Å². The first-order valence-electron chi connectivity index (χ1n) is 11.7. The minimum Gasteiger partial charge on any atom is -0.470 e. The van der Waals surface area contributed by atoms with Gasteiger partial charge in [-0.25, -0.2) is 0 Å². The number of hydrogen-bond acceptors (Lipinski definition) is 3. The summed E-state index contributed by atoms with van der Waals surface area (Å²) in [6.45, 7) is 5.41. The second kappa shape index (κ2) is 7.80. The second-order valence-electron chi connectivity index (χ2n) is 9.37. The number of benzene rings is 3. The highest BCUT2D eigenvalue weighted by Gasteiger charge is 2.52. The summed E-state index contributed by atoms with van der Waals surface area (Å²) in [6.07, 6.45) is 4.38. The number of hydrogen-bond donors (Lipinski definition) is 2. The van der Waals surface area contributed by atoms with Gasteiger partial charge in [0.1, 0.15) is 12.3 Å². The zero-order valence-electron chi connectivity index (χ0n) is 18.6. The Labute approximate surface area is 190 Å². The van der Waals surface area contributed by atoms with Gasteiger partial charge in [0.25, 0.3) is 0 Å². The van der Waals surface area contributed by atoms with Gasteiger partial charge in [0, 0.05) is 11.1 Å². The van der Waals surface area contributed by atoms with Gasteiger partial charge in [0.15, 0.2) is 5.72 Å². The lowest BCUT2D eigenvalue weighted by Crippen LogP contribution is -3.12. The molecule has 0 bridgehead atoms. The highest BCUT2D eigenvalue weighted by molar-refractivity contribution is 5.67. The third-order valence-corrected chi connectivity index (χ3v) is 7.22. The van der Waals surface area contributed by atoms with Gasteiger partial charge in [-0.15, -0.1) is 0 Å². The van der Waals surface area contributed by atoms with Crippen LogP contribution in [0.5, 0.6) is 5.75 Å². The van der Waals surface area contributed by atoms with Crippen molar-refractivity contribution >= 4 is 5.70 Å². The van der Waals surface area contributed by atoms with Crippen molar-refractivity contribution in [2.45, 2.75) is 38.1 Å². The SMILES string of the molecule is Cc1ccc(C2=C[C@H]3c4ccccc4OC4(CC[NH+](Cc5ccccc5)CC4)N3N2)cc1. The highest BCUT2D eigenvalue weighted by atomic mass is 16.5. The van der Waals surface area contributed by atoms with E-state index in [0.717, 1.165) is 38.2 Å². The first-order valence-corrected chi connectivity index (χ1v) is 11.7. The van der Waals surface area contributed by atoms with E-state index in [4.69, 9.17) is 4.74 Å². The maximum Gasteiger partial charge on any atom is 0.191 e. The predicted molar refractivity (Wildman–Crippen MR) is 127 cm³/mol. The second-order valence-corrected chi connectivity index (χ2v) is 9.37. The van der Waals surface area contributed by atoms with Crippen LogP contribution < -0.4 is 15.1 Å². The average molecular weight is 425 g/mol. The van der Waals surface area contributed by atoms with E-state index in [1.807, 2.05) is 0 Å². The number of rotatable bonds is 3. The number of nitrogens with one attached hydrogen (secondary N) is 2. The van der Waals surface area contributed by atoms with E-state index >= 15 is 0 Å². The lowest BCUT2D eigenvalue weighted by atomic mass is 9.92. The zero-order valence-corrected chi connectivity index (χ0v) is 18.6. The van der Waals surface area contributed by atoms with E-state index in [1.54, 1.807) is 4.90 Å². The summed E-state index contributed by atoms with van der Waals surface area (Å²) in [5.41, 5.74) is 9.77. The molecule has 6 rings (SSSR count). The Bertz CT molecular complexity index is 1130. The fourth-order valence-electron chi connectivity index (χ4n) is 5.42. The van der Waals surface area contributed by atoms with Crippen molar-refractivity contribution in [2.24, 2.45) is 0 Å². The molecule has 0 aliphatic carbocycles. The summed E-state index contributed by atoms with van der Waals surface area (Å²) in [5.74, 6) is 1.03. The molecule has 0 aromatic heterocycles. The number of ether oxygens (including phenoxy) is 1. The van der Waals surface area contributed by atoms with Crippen LogP contribution in [0.1, 0.15) is 41.1 Å². The Morgan fingerprint density at radius 1 is 0.938 bits per heavy atom. The van der Waals surface area contributed by atoms with Gasteiger partial charge in [-0.1, -0.05) is 78.4 Å². The van der Waals surface area contributed by atoms with Gasteiger partial charge < -0.3 is 15.1 Å². The molecule has 1 atom stereocenters. The Kier molecular flexibility index (Phi) is 4.78. The Hall–Kier alpha value is -3.08. The summed E-state index contributed by atoms with van der Waals surface area (Å²) in [7, 11) is 0. The summed E-state index contributed by atoms with van der Waals surface area (Å²) >= 11 is 0. The van der Waals surface area contributed by atoms with E-state index in [0.29, 0.717) is 0 Å². The normalized spacial score (nSPS) is 26.6. The van der Waals surface area contributed by atoms with Crippen LogP contribution in [0.2, 0.25) is 0 Å². The predicted octanol–water partition coefficient (Wildman–Crippen LogP) is 3.87. The number of quaternary nitrogens is 1. The van der Waals surface area contributed by atoms with Gasteiger partial charge in [-0.2, -0.15) is 5.01 Å². The Morgan fingerprint density at radius 2 is 1.66 bits per heavy atom. The van der Waals surface area contributed by atoms with Crippen molar-refractivity contribution in [1.82, 2.24) is 10.4 Å². The highest BCUT2D eigenvalue weighted by Crippen LogP contribution is 2.47. The molecule has 32 heavy (non-hydrogen) atoms. The van der Waals surface area contributed by atoms with Crippen LogP contribution in [-0.4, -0.2) is 23.8 Å². The standard InChI is InChI=1S/C28H29N3O/c1-21-11-13-23(14-12-21)25-19-26-24-9-5-6-10-27(24)32-28(31(26)29-25)15-17-30(18-16-28)20-22-7-3-2-4-8-22/h2-14,19,26,29H,15-18,20H2,1H3/p+1/t26-/m0/s1. The van der Waals surface area contributed by atoms with Crippen LogP contribution in [0.25, 0.3) is 5.70 Å². The molecule has 1 spiro atoms. The van der Waals surface area contributed by atoms with E-state index in [2.05, 4.69) is 102 Å². The number of piperidine rings is 1. The van der Waals surface area contributed by atoms with E-state index in [9.17, 15) is 0 Å². The number of fused-ring (bicyclic) bond motifs is 4. The Balaban J connectivity index is 1.28. The molecule has 2 N–H and O–H groups in total. The molecular weight excluding hydrogens is 394 g/mol. The average Bonchev–Trinajstić information content (AvgIpc) is 3.29. The van der Waals surface area contributed by atoms with Gasteiger partial charge in [0.2, 0.25) is 0 Å². The van der Waals surface area contributed by atoms with Gasteiger partial charge >= 0.3 is 0 Å². The largest absolute Gasteiger partial charge is 0.470 e.